The molecule has 0 N–H and O–H groups in total. The Hall–Kier alpha value is -1.98. The number of ether oxygens (including phenoxy) is 1. The van der Waals surface area contributed by atoms with Gasteiger partial charge in [0.1, 0.15) is 11.6 Å². The molecular weight excluding hydrogens is 263 g/mol. The van der Waals surface area contributed by atoms with E-state index in [4.69, 9.17) is 22.8 Å². The number of hydrogen-bond donors (Lipinski definition) is 0. The van der Waals surface area contributed by atoms with Crippen LogP contribution in [0.2, 0.25) is 5.02 Å². The molecule has 96 valence electrons. The van der Waals surface area contributed by atoms with Gasteiger partial charge in [-0.25, -0.2) is 4.39 Å². The first-order chi connectivity index (χ1) is 9.15. The maximum atomic E-state index is 13.4. The summed E-state index contributed by atoms with van der Waals surface area (Å²) in [4.78, 5) is 0. The molecule has 0 aliphatic carbocycles. The molecule has 0 fully saturated rings. The van der Waals surface area contributed by atoms with Crippen LogP contribution < -0.4 is 4.74 Å². The molecule has 1 nitrogen and oxygen atoms in total. The zero-order valence-electron chi connectivity index (χ0n) is 10.4. The van der Waals surface area contributed by atoms with E-state index in [1.807, 2.05) is 6.92 Å². The van der Waals surface area contributed by atoms with E-state index in [-0.39, 0.29) is 5.82 Å². The van der Waals surface area contributed by atoms with Crippen molar-refractivity contribution in [1.82, 2.24) is 0 Å². The minimum atomic E-state index is -0.354. The molecule has 2 aromatic rings. The minimum Gasteiger partial charge on any atom is -0.493 e. The molecule has 0 heterocycles. The van der Waals surface area contributed by atoms with Crippen LogP contribution in [0, 0.1) is 18.2 Å². The second kappa shape index (κ2) is 5.77. The fourth-order valence-electron chi connectivity index (χ4n) is 1.82. The monoisotopic (exact) mass is 274 g/mol. The van der Waals surface area contributed by atoms with E-state index in [9.17, 15) is 4.39 Å². The fraction of sp³-hybridized carbons (Fsp3) is 0.125. The molecule has 2 rings (SSSR count). The van der Waals surface area contributed by atoms with E-state index < -0.39 is 0 Å². The third kappa shape index (κ3) is 2.89. The standard InChI is InChI=1S/C16H12ClFO/c1-3-11-5-8-16(19-4-2)14(9-11)13-10-12(18)6-7-15(13)17/h1,5-10H,4H2,2H3. The second-order valence-corrected chi connectivity index (χ2v) is 4.32. The zero-order valence-corrected chi connectivity index (χ0v) is 11.2. The third-order valence-corrected chi connectivity index (χ3v) is 2.99. The summed E-state index contributed by atoms with van der Waals surface area (Å²) >= 11 is 6.12. The normalized spacial score (nSPS) is 10.0. The fourth-order valence-corrected chi connectivity index (χ4v) is 2.03. The molecule has 2 aromatic carbocycles. The summed E-state index contributed by atoms with van der Waals surface area (Å²) < 4.78 is 18.9. The van der Waals surface area contributed by atoms with Gasteiger partial charge in [0.15, 0.2) is 0 Å². The zero-order chi connectivity index (χ0) is 13.8. The van der Waals surface area contributed by atoms with Crippen LogP contribution in [0.15, 0.2) is 36.4 Å². The van der Waals surface area contributed by atoms with Crippen LogP contribution in [0.5, 0.6) is 5.75 Å². The van der Waals surface area contributed by atoms with Gasteiger partial charge in [-0.2, -0.15) is 0 Å². The van der Waals surface area contributed by atoms with Crippen molar-refractivity contribution >= 4 is 11.6 Å². The summed E-state index contributed by atoms with van der Waals surface area (Å²) in [6.45, 7) is 2.39. The Labute approximate surface area is 117 Å². The highest BCUT2D eigenvalue weighted by molar-refractivity contribution is 6.33. The Bertz CT molecular complexity index is 644. The van der Waals surface area contributed by atoms with Crippen molar-refractivity contribution in [1.29, 1.82) is 0 Å². The predicted molar refractivity (Wildman–Crippen MR) is 76.0 cm³/mol. The Balaban J connectivity index is 2.64. The number of rotatable bonds is 3. The summed E-state index contributed by atoms with van der Waals surface area (Å²) in [5.41, 5.74) is 1.96. The number of benzene rings is 2. The highest BCUT2D eigenvalue weighted by Crippen LogP contribution is 2.36. The Morgan fingerprint density at radius 3 is 2.68 bits per heavy atom. The Kier molecular flexibility index (Phi) is 4.09. The van der Waals surface area contributed by atoms with Crippen molar-refractivity contribution in [2.24, 2.45) is 0 Å². The first-order valence-corrected chi connectivity index (χ1v) is 6.22. The molecule has 0 saturated carbocycles. The lowest BCUT2D eigenvalue weighted by Crippen LogP contribution is -1.95. The molecule has 0 amide bonds. The van der Waals surface area contributed by atoms with Gasteiger partial charge in [0, 0.05) is 21.7 Å². The van der Waals surface area contributed by atoms with Gasteiger partial charge in [0.05, 0.1) is 6.61 Å². The Morgan fingerprint density at radius 1 is 1.21 bits per heavy atom. The molecular formula is C16H12ClFO. The lowest BCUT2D eigenvalue weighted by Gasteiger charge is -2.12. The van der Waals surface area contributed by atoms with E-state index >= 15 is 0 Å². The molecule has 0 aliphatic heterocycles. The average Bonchev–Trinajstić information content (AvgIpc) is 2.42. The smallest absolute Gasteiger partial charge is 0.127 e. The average molecular weight is 275 g/mol. The number of hydrogen-bond acceptors (Lipinski definition) is 1. The highest BCUT2D eigenvalue weighted by atomic mass is 35.5. The third-order valence-electron chi connectivity index (χ3n) is 2.66. The van der Waals surface area contributed by atoms with E-state index in [1.54, 1.807) is 18.2 Å². The van der Waals surface area contributed by atoms with Crippen LogP contribution in [0.3, 0.4) is 0 Å². The second-order valence-electron chi connectivity index (χ2n) is 3.91. The van der Waals surface area contributed by atoms with Gasteiger partial charge in [-0.1, -0.05) is 17.5 Å². The van der Waals surface area contributed by atoms with Crippen LogP contribution in [0.4, 0.5) is 4.39 Å². The number of halogens is 2. The van der Waals surface area contributed by atoms with Crippen molar-refractivity contribution < 1.29 is 9.13 Å². The van der Waals surface area contributed by atoms with E-state index in [0.717, 1.165) is 0 Å². The van der Waals surface area contributed by atoms with Crippen LogP contribution in [-0.2, 0) is 0 Å². The first kappa shape index (κ1) is 13.5. The SMILES string of the molecule is C#Cc1ccc(OCC)c(-c2cc(F)ccc2Cl)c1. The van der Waals surface area contributed by atoms with Crippen LogP contribution in [0.1, 0.15) is 12.5 Å². The van der Waals surface area contributed by atoms with Crippen molar-refractivity contribution in [3.63, 3.8) is 0 Å². The molecule has 0 aliphatic rings. The maximum absolute atomic E-state index is 13.4. The van der Waals surface area contributed by atoms with Crippen LogP contribution >= 0.6 is 11.6 Å². The molecule has 3 heteroatoms. The van der Waals surface area contributed by atoms with Gasteiger partial charge < -0.3 is 4.74 Å². The van der Waals surface area contributed by atoms with E-state index in [0.29, 0.717) is 34.1 Å². The topological polar surface area (TPSA) is 9.23 Å². The van der Waals surface area contributed by atoms with Gasteiger partial charge >= 0.3 is 0 Å². The highest BCUT2D eigenvalue weighted by Gasteiger charge is 2.11. The van der Waals surface area contributed by atoms with Gasteiger partial charge in [-0.05, 0) is 43.3 Å². The van der Waals surface area contributed by atoms with Gasteiger partial charge in [0.25, 0.3) is 0 Å². The quantitative estimate of drug-likeness (QED) is 0.748. The summed E-state index contributed by atoms with van der Waals surface area (Å²) in [6.07, 6.45) is 5.39. The molecule has 0 spiro atoms. The van der Waals surface area contributed by atoms with E-state index in [1.165, 1.54) is 18.2 Å². The minimum absolute atomic E-state index is 0.354. The predicted octanol–water partition coefficient (Wildman–Crippen LogP) is 4.53. The first-order valence-electron chi connectivity index (χ1n) is 5.84. The number of terminal acetylenes is 1. The Morgan fingerprint density at radius 2 is 2.00 bits per heavy atom. The summed E-state index contributed by atoms with van der Waals surface area (Å²) in [5, 5.41) is 0.455. The maximum Gasteiger partial charge on any atom is 0.127 e. The lowest BCUT2D eigenvalue weighted by atomic mass is 10.0. The van der Waals surface area contributed by atoms with Crippen molar-refractivity contribution in [2.75, 3.05) is 6.61 Å². The van der Waals surface area contributed by atoms with Crippen LogP contribution in [-0.4, -0.2) is 6.61 Å². The molecule has 0 aromatic heterocycles. The summed E-state index contributed by atoms with van der Waals surface area (Å²) in [7, 11) is 0. The molecule has 0 atom stereocenters. The summed E-state index contributed by atoms with van der Waals surface area (Å²) in [6, 6.07) is 9.53. The van der Waals surface area contributed by atoms with Crippen molar-refractivity contribution in [2.45, 2.75) is 6.92 Å². The molecule has 0 unspecified atom stereocenters. The lowest BCUT2D eigenvalue weighted by molar-refractivity contribution is 0.341. The van der Waals surface area contributed by atoms with E-state index in [2.05, 4.69) is 5.92 Å². The van der Waals surface area contributed by atoms with Crippen molar-refractivity contribution in [3.05, 3.63) is 52.8 Å². The largest absolute Gasteiger partial charge is 0.493 e. The van der Waals surface area contributed by atoms with Gasteiger partial charge in [0.2, 0.25) is 0 Å². The van der Waals surface area contributed by atoms with Gasteiger partial charge in [-0.3, -0.25) is 0 Å². The molecule has 0 radical (unpaired) electrons. The molecule has 19 heavy (non-hydrogen) atoms. The molecule has 0 saturated heterocycles. The summed E-state index contributed by atoms with van der Waals surface area (Å²) in [5.74, 6) is 2.83. The van der Waals surface area contributed by atoms with Crippen LogP contribution in [0.25, 0.3) is 11.1 Å². The molecule has 0 bridgehead atoms. The van der Waals surface area contributed by atoms with Crippen molar-refractivity contribution in [3.8, 4) is 29.2 Å². The van der Waals surface area contributed by atoms with Gasteiger partial charge in [-0.15, -0.1) is 6.42 Å².